The van der Waals surface area contributed by atoms with E-state index >= 15 is 0 Å². The second kappa shape index (κ2) is 11.1. The van der Waals surface area contributed by atoms with Crippen molar-refractivity contribution in [1.82, 2.24) is 4.90 Å². The van der Waals surface area contributed by atoms with Gasteiger partial charge in [0, 0.05) is 23.6 Å². The third kappa shape index (κ3) is 6.35. The standard InChI is InChI=1S/C30H25F6NO4/c31-29(32,33)19-5-9-23(25(16-19)30(34,35)36)27-24(22-10-6-20(38)17-26(22)41-28(27)39)15-18-3-7-21(8-4-18)40-14-13-37-11-1-2-12-37/h3-10,16-17,38H,1-2,11-15H2. The van der Waals surface area contributed by atoms with E-state index in [2.05, 4.69) is 4.90 Å². The number of alkyl halides is 6. The predicted octanol–water partition coefficient (Wildman–Crippen LogP) is 7.27. The minimum Gasteiger partial charge on any atom is -0.508 e. The molecule has 3 aromatic carbocycles. The maximum Gasteiger partial charge on any atom is 0.417 e. The van der Waals surface area contributed by atoms with Crippen molar-refractivity contribution >= 4 is 11.0 Å². The van der Waals surface area contributed by atoms with Crippen LogP contribution in [-0.2, 0) is 18.8 Å². The maximum absolute atomic E-state index is 14.1. The molecule has 0 amide bonds. The Balaban J connectivity index is 1.56. The zero-order valence-corrected chi connectivity index (χ0v) is 21.6. The zero-order valence-electron chi connectivity index (χ0n) is 21.6. The lowest BCUT2D eigenvalue weighted by atomic mass is 9.90. The fraction of sp³-hybridized carbons (Fsp3) is 0.300. The molecule has 1 aliphatic rings. The van der Waals surface area contributed by atoms with Gasteiger partial charge in [-0.25, -0.2) is 4.79 Å². The molecule has 1 aliphatic heterocycles. The summed E-state index contributed by atoms with van der Waals surface area (Å²) in [5, 5.41) is 10.1. The van der Waals surface area contributed by atoms with Crippen molar-refractivity contribution in [2.24, 2.45) is 0 Å². The molecule has 1 aromatic heterocycles. The number of benzene rings is 3. The molecule has 0 aliphatic carbocycles. The molecule has 4 aromatic rings. The lowest BCUT2D eigenvalue weighted by molar-refractivity contribution is -0.142. The summed E-state index contributed by atoms with van der Waals surface area (Å²) < 4.78 is 93.1. The topological polar surface area (TPSA) is 62.9 Å². The number of ether oxygens (including phenoxy) is 1. The third-order valence-corrected chi connectivity index (χ3v) is 7.10. The fourth-order valence-electron chi connectivity index (χ4n) is 5.09. The monoisotopic (exact) mass is 577 g/mol. The minimum atomic E-state index is -5.20. The molecular formula is C30H25F6NO4. The van der Waals surface area contributed by atoms with Crippen molar-refractivity contribution in [1.29, 1.82) is 0 Å². The summed E-state index contributed by atoms with van der Waals surface area (Å²) in [5.74, 6) is 0.359. The summed E-state index contributed by atoms with van der Waals surface area (Å²) in [6.45, 7) is 3.36. The third-order valence-electron chi connectivity index (χ3n) is 7.10. The quantitative estimate of drug-likeness (QED) is 0.185. The molecule has 216 valence electrons. The van der Waals surface area contributed by atoms with Crippen LogP contribution in [-0.4, -0.2) is 36.2 Å². The number of phenols is 1. The first-order valence-electron chi connectivity index (χ1n) is 12.9. The van der Waals surface area contributed by atoms with Crippen LogP contribution in [0.5, 0.6) is 11.5 Å². The molecule has 0 saturated carbocycles. The Morgan fingerprint density at radius 1 is 0.878 bits per heavy atom. The van der Waals surface area contributed by atoms with Gasteiger partial charge in [0.15, 0.2) is 0 Å². The van der Waals surface area contributed by atoms with Crippen molar-refractivity contribution in [2.75, 3.05) is 26.2 Å². The summed E-state index contributed by atoms with van der Waals surface area (Å²) in [7, 11) is 0. The molecule has 0 unspecified atom stereocenters. The maximum atomic E-state index is 14.1. The van der Waals surface area contributed by atoms with E-state index in [1.807, 2.05) is 0 Å². The van der Waals surface area contributed by atoms with Gasteiger partial charge in [0.2, 0.25) is 0 Å². The van der Waals surface area contributed by atoms with Crippen LogP contribution in [0.25, 0.3) is 22.1 Å². The van der Waals surface area contributed by atoms with Crippen LogP contribution >= 0.6 is 0 Å². The Labute approximate surface area is 230 Å². The Bertz CT molecular complexity index is 1600. The molecule has 1 saturated heterocycles. The van der Waals surface area contributed by atoms with Crippen molar-refractivity contribution in [3.8, 4) is 22.6 Å². The summed E-state index contributed by atoms with van der Waals surface area (Å²) in [6.07, 6.45) is -7.93. The average Bonchev–Trinajstić information content (AvgIpc) is 3.42. The van der Waals surface area contributed by atoms with E-state index in [1.165, 1.54) is 25.0 Å². The van der Waals surface area contributed by atoms with Gasteiger partial charge in [-0.15, -0.1) is 0 Å². The van der Waals surface area contributed by atoms with E-state index < -0.39 is 40.2 Å². The SMILES string of the molecule is O=c1oc2cc(O)ccc2c(Cc2ccc(OCCN3CCCC3)cc2)c1-c1ccc(C(F)(F)F)cc1C(F)(F)F. The van der Waals surface area contributed by atoms with Crippen molar-refractivity contribution < 1.29 is 40.6 Å². The Morgan fingerprint density at radius 3 is 2.24 bits per heavy atom. The Morgan fingerprint density at radius 2 is 1.59 bits per heavy atom. The Hall–Kier alpha value is -3.99. The highest BCUT2D eigenvalue weighted by Gasteiger charge is 2.39. The van der Waals surface area contributed by atoms with Gasteiger partial charge in [0.1, 0.15) is 23.7 Å². The second-order valence-corrected chi connectivity index (χ2v) is 9.90. The number of hydrogen-bond donors (Lipinski definition) is 1. The number of nitrogens with zero attached hydrogens (tertiary/aromatic N) is 1. The molecule has 0 bridgehead atoms. The highest BCUT2D eigenvalue weighted by Crippen LogP contribution is 2.42. The van der Waals surface area contributed by atoms with E-state index in [-0.39, 0.29) is 34.8 Å². The molecule has 0 spiro atoms. The van der Waals surface area contributed by atoms with E-state index in [0.717, 1.165) is 25.7 Å². The molecule has 5 nitrogen and oxygen atoms in total. The number of fused-ring (bicyclic) bond motifs is 1. The predicted molar refractivity (Wildman–Crippen MR) is 140 cm³/mol. The molecule has 2 heterocycles. The van der Waals surface area contributed by atoms with Crippen molar-refractivity contribution in [3.63, 3.8) is 0 Å². The summed E-state index contributed by atoms with van der Waals surface area (Å²) in [6, 6.07) is 11.8. The van der Waals surface area contributed by atoms with Gasteiger partial charge in [-0.2, -0.15) is 26.3 Å². The molecule has 0 atom stereocenters. The number of phenolic OH excluding ortho intramolecular Hbond substituents is 1. The first-order valence-corrected chi connectivity index (χ1v) is 12.9. The van der Waals surface area contributed by atoms with Crippen LogP contribution in [0.4, 0.5) is 26.3 Å². The normalized spacial score (nSPS) is 14.6. The highest BCUT2D eigenvalue weighted by molar-refractivity contribution is 5.89. The number of rotatable bonds is 7. The molecule has 5 rings (SSSR count). The first-order chi connectivity index (χ1) is 19.4. The average molecular weight is 578 g/mol. The van der Waals surface area contributed by atoms with Crippen LogP contribution in [0.15, 0.2) is 69.9 Å². The second-order valence-electron chi connectivity index (χ2n) is 9.90. The largest absolute Gasteiger partial charge is 0.508 e. The summed E-state index contributed by atoms with van der Waals surface area (Å²) >= 11 is 0. The molecule has 41 heavy (non-hydrogen) atoms. The van der Waals surface area contributed by atoms with Gasteiger partial charge in [0.25, 0.3) is 0 Å². The van der Waals surface area contributed by atoms with Crippen molar-refractivity contribution in [2.45, 2.75) is 31.6 Å². The number of halogens is 6. The molecule has 1 N–H and O–H groups in total. The van der Waals surface area contributed by atoms with E-state index in [1.54, 1.807) is 24.3 Å². The van der Waals surface area contributed by atoms with Crippen LogP contribution in [0.3, 0.4) is 0 Å². The van der Waals surface area contributed by atoms with Crippen LogP contribution in [0.2, 0.25) is 0 Å². The fourth-order valence-corrected chi connectivity index (χ4v) is 5.09. The smallest absolute Gasteiger partial charge is 0.417 e. The van der Waals surface area contributed by atoms with Crippen LogP contribution in [0.1, 0.15) is 35.1 Å². The van der Waals surface area contributed by atoms with E-state index in [9.17, 15) is 36.2 Å². The van der Waals surface area contributed by atoms with Gasteiger partial charge in [-0.3, -0.25) is 4.90 Å². The molecule has 1 fully saturated rings. The van der Waals surface area contributed by atoms with Gasteiger partial charge in [-0.1, -0.05) is 18.2 Å². The van der Waals surface area contributed by atoms with E-state index in [4.69, 9.17) is 9.15 Å². The minimum absolute atomic E-state index is 0.00610. The van der Waals surface area contributed by atoms with Gasteiger partial charge in [0.05, 0.1) is 16.7 Å². The summed E-state index contributed by atoms with van der Waals surface area (Å²) in [5.41, 5.74) is -4.86. The van der Waals surface area contributed by atoms with Gasteiger partial charge >= 0.3 is 18.0 Å². The van der Waals surface area contributed by atoms with Gasteiger partial charge < -0.3 is 14.3 Å². The zero-order chi connectivity index (χ0) is 29.4. The molecule has 0 radical (unpaired) electrons. The van der Waals surface area contributed by atoms with E-state index in [0.29, 0.717) is 30.1 Å². The molecule has 11 heteroatoms. The summed E-state index contributed by atoms with van der Waals surface area (Å²) in [4.78, 5) is 15.4. The molecular weight excluding hydrogens is 552 g/mol. The lowest BCUT2D eigenvalue weighted by Crippen LogP contribution is -2.25. The number of hydrogen-bond acceptors (Lipinski definition) is 5. The number of aromatic hydroxyl groups is 1. The highest BCUT2D eigenvalue weighted by atomic mass is 19.4. The van der Waals surface area contributed by atoms with Crippen molar-refractivity contribution in [3.05, 3.63) is 93.3 Å². The number of likely N-dealkylation sites (tertiary alicyclic amines) is 1. The van der Waals surface area contributed by atoms with Gasteiger partial charge in [-0.05, 0) is 79.9 Å². The lowest BCUT2D eigenvalue weighted by Gasteiger charge is -2.18. The first kappa shape index (κ1) is 28.5. The van der Waals surface area contributed by atoms with Crippen LogP contribution < -0.4 is 10.4 Å². The van der Waals surface area contributed by atoms with Crippen LogP contribution in [0, 0.1) is 0 Å². The Kier molecular flexibility index (Phi) is 7.74.